The first-order valence-electron chi connectivity index (χ1n) is 7.58. The number of nitro groups is 1. The average molecular weight is 413 g/mol. The number of ether oxygens (including phenoxy) is 2. The molecule has 0 aliphatic heterocycles. The normalized spacial score (nSPS) is 10.2. The van der Waals surface area contributed by atoms with Gasteiger partial charge in [0, 0.05) is 18.2 Å². The van der Waals surface area contributed by atoms with Crippen LogP contribution in [-0.2, 0) is 4.74 Å². The minimum atomic E-state index is -0.712. The zero-order valence-corrected chi connectivity index (χ0v) is 15.8. The van der Waals surface area contributed by atoms with Gasteiger partial charge in [-0.15, -0.1) is 0 Å². The second kappa shape index (κ2) is 8.70. The van der Waals surface area contributed by atoms with Gasteiger partial charge in [0.05, 0.1) is 39.9 Å². The Morgan fingerprint density at radius 1 is 1.15 bits per heavy atom. The van der Waals surface area contributed by atoms with Gasteiger partial charge >= 0.3 is 5.97 Å². The maximum absolute atomic E-state index is 12.5. The van der Waals surface area contributed by atoms with E-state index in [0.717, 1.165) is 6.07 Å². The number of non-ortho nitro benzene ring substituents is 1. The average Bonchev–Trinajstić information content (AvgIpc) is 2.63. The monoisotopic (exact) mass is 412 g/mol. The van der Waals surface area contributed by atoms with Gasteiger partial charge in [0.15, 0.2) is 0 Å². The van der Waals surface area contributed by atoms with Crippen molar-refractivity contribution in [2.75, 3.05) is 19.0 Å². The first-order valence-corrected chi connectivity index (χ1v) is 8.34. The largest absolute Gasteiger partial charge is 0.496 e. The van der Waals surface area contributed by atoms with Crippen LogP contribution < -0.4 is 10.1 Å². The summed E-state index contributed by atoms with van der Waals surface area (Å²) in [5.74, 6) is -1.20. The van der Waals surface area contributed by atoms with Gasteiger partial charge in [0.25, 0.3) is 11.6 Å². The highest BCUT2D eigenvalue weighted by Gasteiger charge is 2.20. The van der Waals surface area contributed by atoms with E-state index < -0.39 is 16.8 Å². The van der Waals surface area contributed by atoms with Crippen LogP contribution in [0.2, 0.25) is 10.0 Å². The molecule has 0 fully saturated rings. The van der Waals surface area contributed by atoms with Crippen molar-refractivity contribution in [2.24, 2.45) is 0 Å². The summed E-state index contributed by atoms with van der Waals surface area (Å²) in [5.41, 5.74) is -0.161. The highest BCUT2D eigenvalue weighted by atomic mass is 35.5. The number of benzene rings is 2. The number of nitro benzene ring substituents is 1. The SMILES string of the molecule is CCOC(=O)c1cc(Cl)c(NC(=O)c2cc([N+](=O)[O-])ccc2Cl)cc1OC. The second-order valence-electron chi connectivity index (χ2n) is 5.13. The topological polar surface area (TPSA) is 108 Å². The number of rotatable bonds is 6. The molecular weight excluding hydrogens is 399 g/mol. The van der Waals surface area contributed by atoms with E-state index in [4.69, 9.17) is 32.7 Å². The van der Waals surface area contributed by atoms with Crippen LogP contribution in [0.25, 0.3) is 0 Å². The molecule has 0 atom stereocenters. The van der Waals surface area contributed by atoms with Gasteiger partial charge in [0.1, 0.15) is 11.3 Å². The zero-order valence-electron chi connectivity index (χ0n) is 14.2. The van der Waals surface area contributed by atoms with Crippen molar-refractivity contribution in [1.82, 2.24) is 0 Å². The summed E-state index contributed by atoms with van der Waals surface area (Å²) in [5, 5.41) is 13.5. The van der Waals surface area contributed by atoms with E-state index in [2.05, 4.69) is 5.32 Å². The molecular formula is C17H14Cl2N2O6. The molecule has 142 valence electrons. The zero-order chi connectivity index (χ0) is 20.1. The lowest BCUT2D eigenvalue weighted by atomic mass is 10.1. The van der Waals surface area contributed by atoms with E-state index in [-0.39, 0.29) is 44.9 Å². The van der Waals surface area contributed by atoms with Gasteiger partial charge in [-0.2, -0.15) is 0 Å². The van der Waals surface area contributed by atoms with Crippen LogP contribution in [0.5, 0.6) is 5.75 Å². The van der Waals surface area contributed by atoms with Crippen molar-refractivity contribution in [1.29, 1.82) is 0 Å². The molecule has 0 heterocycles. The number of anilines is 1. The Bertz CT molecular complexity index is 917. The molecule has 0 spiro atoms. The van der Waals surface area contributed by atoms with Crippen LogP contribution >= 0.6 is 23.2 Å². The third-order valence-electron chi connectivity index (χ3n) is 3.44. The number of methoxy groups -OCH3 is 1. The summed E-state index contributed by atoms with van der Waals surface area (Å²) in [6.07, 6.45) is 0. The van der Waals surface area contributed by atoms with E-state index in [9.17, 15) is 19.7 Å². The summed E-state index contributed by atoms with van der Waals surface area (Å²) < 4.78 is 10.1. The third kappa shape index (κ3) is 4.66. The molecule has 2 aromatic carbocycles. The van der Waals surface area contributed by atoms with E-state index in [1.807, 2.05) is 0 Å². The molecule has 0 aliphatic rings. The minimum Gasteiger partial charge on any atom is -0.496 e. The standard InChI is InChI=1S/C17H14Cl2N2O6/c1-3-27-17(23)11-7-13(19)14(8-15(11)26-2)20-16(22)10-6-9(21(24)25)4-5-12(10)18/h4-8H,3H2,1-2H3,(H,20,22). The van der Waals surface area contributed by atoms with Crippen LogP contribution in [0.15, 0.2) is 30.3 Å². The molecule has 10 heteroatoms. The second-order valence-corrected chi connectivity index (χ2v) is 5.94. The summed E-state index contributed by atoms with van der Waals surface area (Å²) in [4.78, 5) is 34.7. The van der Waals surface area contributed by atoms with Crippen LogP contribution in [0.3, 0.4) is 0 Å². The fourth-order valence-electron chi connectivity index (χ4n) is 2.18. The Morgan fingerprint density at radius 3 is 2.44 bits per heavy atom. The molecule has 1 N–H and O–H groups in total. The first-order chi connectivity index (χ1) is 12.8. The van der Waals surface area contributed by atoms with E-state index in [1.54, 1.807) is 6.92 Å². The van der Waals surface area contributed by atoms with E-state index in [0.29, 0.717) is 0 Å². The number of hydrogen-bond donors (Lipinski definition) is 1. The Morgan fingerprint density at radius 2 is 1.85 bits per heavy atom. The summed E-state index contributed by atoms with van der Waals surface area (Å²) in [6.45, 7) is 1.83. The molecule has 0 aliphatic carbocycles. The van der Waals surface area contributed by atoms with Gasteiger partial charge in [-0.3, -0.25) is 14.9 Å². The molecule has 2 rings (SSSR count). The minimum absolute atomic E-state index is 0.0318. The lowest BCUT2D eigenvalue weighted by Gasteiger charge is -2.13. The third-order valence-corrected chi connectivity index (χ3v) is 4.08. The number of esters is 1. The fourth-order valence-corrected chi connectivity index (χ4v) is 2.59. The Balaban J connectivity index is 2.37. The van der Waals surface area contributed by atoms with Gasteiger partial charge in [-0.1, -0.05) is 23.2 Å². The molecule has 0 radical (unpaired) electrons. The molecule has 1 amide bonds. The van der Waals surface area contributed by atoms with Crippen LogP contribution in [-0.4, -0.2) is 30.5 Å². The van der Waals surface area contributed by atoms with Gasteiger partial charge < -0.3 is 14.8 Å². The Hall–Kier alpha value is -2.84. The molecule has 0 aromatic heterocycles. The summed E-state index contributed by atoms with van der Waals surface area (Å²) >= 11 is 12.1. The predicted molar refractivity (Wildman–Crippen MR) is 100 cm³/mol. The first kappa shape index (κ1) is 20.5. The molecule has 27 heavy (non-hydrogen) atoms. The van der Waals surface area contributed by atoms with Crippen LogP contribution in [0.1, 0.15) is 27.6 Å². The number of nitrogens with one attached hydrogen (secondary N) is 1. The van der Waals surface area contributed by atoms with Gasteiger partial charge in [0.2, 0.25) is 0 Å². The summed E-state index contributed by atoms with van der Waals surface area (Å²) in [6, 6.07) is 6.13. The number of halogens is 2. The number of carbonyl (C=O) groups excluding carboxylic acids is 2. The van der Waals surface area contributed by atoms with E-state index in [1.165, 1.54) is 31.4 Å². The summed E-state index contributed by atoms with van der Waals surface area (Å²) in [7, 11) is 1.34. The molecule has 0 unspecified atom stereocenters. The van der Waals surface area contributed by atoms with Crippen molar-refractivity contribution in [3.63, 3.8) is 0 Å². The molecule has 0 bridgehead atoms. The number of carbonyl (C=O) groups is 2. The predicted octanol–water partition coefficient (Wildman–Crippen LogP) is 4.34. The van der Waals surface area contributed by atoms with Crippen LogP contribution in [0, 0.1) is 10.1 Å². The van der Waals surface area contributed by atoms with Crippen molar-refractivity contribution in [3.8, 4) is 5.75 Å². The molecule has 0 saturated heterocycles. The number of amides is 1. The lowest BCUT2D eigenvalue weighted by Crippen LogP contribution is -2.14. The Labute approximate surface area is 164 Å². The van der Waals surface area contributed by atoms with Crippen molar-refractivity contribution in [3.05, 3.63) is 61.6 Å². The maximum atomic E-state index is 12.5. The highest BCUT2D eigenvalue weighted by Crippen LogP contribution is 2.32. The van der Waals surface area contributed by atoms with E-state index >= 15 is 0 Å². The highest BCUT2D eigenvalue weighted by molar-refractivity contribution is 6.36. The maximum Gasteiger partial charge on any atom is 0.341 e. The van der Waals surface area contributed by atoms with Crippen LogP contribution in [0.4, 0.5) is 11.4 Å². The van der Waals surface area contributed by atoms with Crippen molar-refractivity contribution < 1.29 is 24.0 Å². The van der Waals surface area contributed by atoms with Crippen molar-refractivity contribution in [2.45, 2.75) is 6.92 Å². The van der Waals surface area contributed by atoms with Gasteiger partial charge in [-0.05, 0) is 19.1 Å². The Kier molecular flexibility index (Phi) is 6.59. The molecule has 0 saturated carbocycles. The number of nitrogens with zero attached hydrogens (tertiary/aromatic N) is 1. The van der Waals surface area contributed by atoms with Gasteiger partial charge in [-0.25, -0.2) is 4.79 Å². The lowest BCUT2D eigenvalue weighted by molar-refractivity contribution is -0.384. The fraction of sp³-hybridized carbons (Fsp3) is 0.176. The number of hydrogen-bond acceptors (Lipinski definition) is 6. The smallest absolute Gasteiger partial charge is 0.341 e. The quantitative estimate of drug-likeness (QED) is 0.429. The molecule has 8 nitrogen and oxygen atoms in total. The van der Waals surface area contributed by atoms with Crippen molar-refractivity contribution >= 4 is 46.5 Å². The molecule has 2 aromatic rings.